The van der Waals surface area contributed by atoms with Gasteiger partial charge in [0.1, 0.15) is 5.82 Å². The van der Waals surface area contributed by atoms with Crippen LogP contribution in [0.1, 0.15) is 40.2 Å². The van der Waals surface area contributed by atoms with Crippen molar-refractivity contribution in [3.05, 3.63) is 35.7 Å². The fourth-order valence-corrected chi connectivity index (χ4v) is 1.58. The van der Waals surface area contributed by atoms with Crippen LogP contribution in [0, 0.1) is 5.82 Å². The molecule has 0 amide bonds. The smallest absolute Gasteiger partial charge is 0.331 e. The molecule has 0 aliphatic heterocycles. The van der Waals surface area contributed by atoms with Crippen LogP contribution < -0.4 is 5.46 Å². The van der Waals surface area contributed by atoms with Crippen molar-refractivity contribution >= 4 is 34.2 Å². The maximum Gasteiger partial charge on any atom is 0.331 e. The maximum atomic E-state index is 13.5. The van der Waals surface area contributed by atoms with Gasteiger partial charge in [-0.25, -0.2) is 9.18 Å². The largest absolute Gasteiger partial charge is 0.463 e. The molecule has 0 N–H and O–H groups in total. The fourth-order valence-electron chi connectivity index (χ4n) is 1.51. The minimum atomic E-state index is -0.466. The average Bonchev–Trinajstić information content (AvgIpc) is 2.43. The lowest BCUT2D eigenvalue weighted by Crippen LogP contribution is -2.45. The summed E-state index contributed by atoms with van der Waals surface area (Å²) in [5, 5.41) is -0.169. The highest BCUT2D eigenvalue weighted by atomic mass is 31.0. The summed E-state index contributed by atoms with van der Waals surface area (Å²) in [7, 11) is 4.27. The molecule has 0 heterocycles. The predicted octanol–water partition coefficient (Wildman–Crippen LogP) is 3.10. The Kier molecular flexibility index (Phi) is 6.97. The SMILES string of the molecule is CCOC(=O)/C=C/c1ccc(F)cc1[B]OC(C)(C)C(C)(C)P. The highest BCUT2D eigenvalue weighted by molar-refractivity contribution is 7.19. The van der Waals surface area contributed by atoms with Crippen molar-refractivity contribution in [1.29, 1.82) is 0 Å². The molecule has 3 nitrogen and oxygen atoms in total. The van der Waals surface area contributed by atoms with Crippen LogP contribution in [0.4, 0.5) is 4.39 Å². The van der Waals surface area contributed by atoms with E-state index in [0.717, 1.165) is 0 Å². The number of hydrogen-bond donors (Lipinski definition) is 0. The Morgan fingerprint density at radius 3 is 2.57 bits per heavy atom. The minimum absolute atomic E-state index is 0.169. The summed E-state index contributed by atoms with van der Waals surface area (Å²) < 4.78 is 24.2. The highest BCUT2D eigenvalue weighted by Crippen LogP contribution is 2.33. The van der Waals surface area contributed by atoms with Gasteiger partial charge in [-0.2, -0.15) is 0 Å². The van der Waals surface area contributed by atoms with E-state index < -0.39 is 11.6 Å². The van der Waals surface area contributed by atoms with Gasteiger partial charge >= 0.3 is 13.5 Å². The molecule has 0 bridgehead atoms. The molecule has 1 radical (unpaired) electrons. The Labute approximate surface area is 141 Å². The molecular weight excluding hydrogens is 313 g/mol. The van der Waals surface area contributed by atoms with E-state index in [-0.39, 0.29) is 11.0 Å². The standard InChI is InChI=1S/C17H24BFO3P/c1-6-21-15(20)10-8-12-7-9-13(19)11-14(12)18-22-16(2,3)17(4,5)23/h7-11H,6,23H2,1-5H3/b10-8+. The molecule has 0 aromatic heterocycles. The number of esters is 1. The van der Waals surface area contributed by atoms with Gasteiger partial charge in [0.25, 0.3) is 0 Å². The molecule has 0 spiro atoms. The molecule has 125 valence electrons. The summed E-state index contributed by atoms with van der Waals surface area (Å²) in [4.78, 5) is 11.4. The van der Waals surface area contributed by atoms with Gasteiger partial charge < -0.3 is 9.39 Å². The van der Waals surface area contributed by atoms with E-state index in [9.17, 15) is 9.18 Å². The molecule has 23 heavy (non-hydrogen) atoms. The number of ether oxygens (including phenoxy) is 1. The van der Waals surface area contributed by atoms with Crippen molar-refractivity contribution in [2.75, 3.05) is 6.61 Å². The molecule has 1 unspecified atom stereocenters. The maximum absolute atomic E-state index is 13.5. The van der Waals surface area contributed by atoms with E-state index in [4.69, 9.17) is 9.39 Å². The topological polar surface area (TPSA) is 35.5 Å². The number of carbonyl (C=O) groups is 1. The van der Waals surface area contributed by atoms with E-state index in [2.05, 4.69) is 9.24 Å². The molecule has 0 aliphatic carbocycles. The summed E-state index contributed by atoms with van der Waals surface area (Å²) in [6, 6.07) is 4.31. The molecular formula is C17H24BFO3P. The van der Waals surface area contributed by atoms with Gasteiger partial charge in [-0.1, -0.05) is 19.9 Å². The molecule has 0 saturated heterocycles. The second-order valence-corrected chi connectivity index (χ2v) is 7.77. The first-order valence-corrected chi connectivity index (χ1v) is 8.09. The quantitative estimate of drug-likeness (QED) is 0.332. The van der Waals surface area contributed by atoms with Gasteiger partial charge in [0.05, 0.1) is 12.2 Å². The summed E-state index contributed by atoms with van der Waals surface area (Å²) in [5.74, 6) is -0.800. The van der Waals surface area contributed by atoms with Crippen molar-refractivity contribution in [3.8, 4) is 0 Å². The molecule has 0 fully saturated rings. The second kappa shape index (κ2) is 8.07. The molecule has 0 aliphatic rings. The Morgan fingerprint density at radius 2 is 2.00 bits per heavy atom. The van der Waals surface area contributed by atoms with Gasteiger partial charge in [-0.3, -0.25) is 0 Å². The fraction of sp³-hybridized carbons (Fsp3) is 0.471. The van der Waals surface area contributed by atoms with Crippen molar-refractivity contribution in [2.45, 2.75) is 45.4 Å². The first-order valence-electron chi connectivity index (χ1n) is 7.51. The number of rotatable bonds is 7. The third kappa shape index (κ3) is 6.08. The summed E-state index contributed by atoms with van der Waals surface area (Å²) in [6.07, 6.45) is 2.91. The second-order valence-electron chi connectivity index (χ2n) is 6.33. The van der Waals surface area contributed by atoms with Crippen LogP contribution in [0.5, 0.6) is 0 Å². The summed E-state index contributed by atoms with van der Waals surface area (Å²) in [6.45, 7) is 10.1. The Balaban J connectivity index is 2.94. The van der Waals surface area contributed by atoms with Crippen molar-refractivity contribution < 1.29 is 18.6 Å². The van der Waals surface area contributed by atoms with Gasteiger partial charge in [0, 0.05) is 11.2 Å². The van der Waals surface area contributed by atoms with E-state index in [1.165, 1.54) is 25.7 Å². The number of carbonyl (C=O) groups excluding carboxylic acids is 1. The first-order chi connectivity index (χ1) is 10.6. The van der Waals surface area contributed by atoms with Crippen molar-refractivity contribution in [1.82, 2.24) is 0 Å². The lowest BCUT2D eigenvalue weighted by molar-refractivity contribution is -0.137. The predicted molar refractivity (Wildman–Crippen MR) is 96.4 cm³/mol. The van der Waals surface area contributed by atoms with Gasteiger partial charge in [-0.15, -0.1) is 9.24 Å². The minimum Gasteiger partial charge on any atom is -0.463 e. The number of hydrogen-bond acceptors (Lipinski definition) is 3. The van der Waals surface area contributed by atoms with Crippen molar-refractivity contribution in [2.24, 2.45) is 0 Å². The monoisotopic (exact) mass is 337 g/mol. The van der Waals surface area contributed by atoms with Gasteiger partial charge in [0.2, 0.25) is 0 Å². The van der Waals surface area contributed by atoms with E-state index >= 15 is 0 Å². The molecule has 1 aromatic rings. The molecule has 1 rings (SSSR count). The van der Waals surface area contributed by atoms with Gasteiger partial charge in [-0.05, 0) is 50.0 Å². The third-order valence-corrected chi connectivity index (χ3v) is 4.46. The Bertz CT molecular complexity index is 580. The number of halogens is 1. The zero-order valence-electron chi connectivity index (χ0n) is 14.4. The number of benzene rings is 1. The van der Waals surface area contributed by atoms with Gasteiger partial charge in [0.15, 0.2) is 0 Å². The Morgan fingerprint density at radius 1 is 1.35 bits per heavy atom. The molecule has 1 atom stereocenters. The van der Waals surface area contributed by atoms with E-state index in [0.29, 0.717) is 17.6 Å². The summed E-state index contributed by atoms with van der Waals surface area (Å²) in [5.41, 5.74) is 0.774. The van der Waals surface area contributed by atoms with Crippen LogP contribution in [0.3, 0.4) is 0 Å². The van der Waals surface area contributed by atoms with E-state index in [1.54, 1.807) is 19.1 Å². The normalized spacial score (nSPS) is 12.5. The van der Waals surface area contributed by atoms with Crippen LogP contribution in [0.2, 0.25) is 0 Å². The molecule has 0 saturated carbocycles. The summed E-state index contributed by atoms with van der Waals surface area (Å²) >= 11 is 0. The van der Waals surface area contributed by atoms with Crippen molar-refractivity contribution in [3.63, 3.8) is 0 Å². The average molecular weight is 337 g/mol. The zero-order chi connectivity index (χ0) is 17.7. The first kappa shape index (κ1) is 19.9. The lowest BCUT2D eigenvalue weighted by Gasteiger charge is -2.39. The third-order valence-electron chi connectivity index (χ3n) is 3.77. The van der Waals surface area contributed by atoms with E-state index in [1.807, 2.05) is 27.7 Å². The molecule has 6 heteroatoms. The highest BCUT2D eigenvalue weighted by Gasteiger charge is 2.33. The zero-order valence-corrected chi connectivity index (χ0v) is 15.5. The lowest BCUT2D eigenvalue weighted by atomic mass is 9.81. The van der Waals surface area contributed by atoms with Crippen LogP contribution >= 0.6 is 9.24 Å². The molecule has 1 aromatic carbocycles. The van der Waals surface area contributed by atoms with Crippen LogP contribution in [0.15, 0.2) is 24.3 Å². The van der Waals surface area contributed by atoms with Crippen LogP contribution in [-0.4, -0.2) is 30.8 Å². The Hall–Kier alpha value is -1.19. The van der Waals surface area contributed by atoms with Crippen LogP contribution in [0.25, 0.3) is 6.08 Å². The van der Waals surface area contributed by atoms with Crippen LogP contribution in [-0.2, 0) is 14.2 Å².